The van der Waals surface area contributed by atoms with Crippen LogP contribution < -0.4 is 4.72 Å². The van der Waals surface area contributed by atoms with Gasteiger partial charge < -0.3 is 0 Å². The lowest BCUT2D eigenvalue weighted by Gasteiger charge is -2.06. The van der Waals surface area contributed by atoms with Crippen molar-refractivity contribution in [2.75, 3.05) is 12.3 Å². The largest absolute Gasteiger partial charge is 0.240 e. The molecule has 0 aliphatic carbocycles. The molecule has 110 valence electrons. The van der Waals surface area contributed by atoms with Gasteiger partial charge in [0.1, 0.15) is 0 Å². The minimum atomic E-state index is -3.54. The average Bonchev–Trinajstić information content (AvgIpc) is 3.00. The number of sulfonamides is 1. The maximum Gasteiger partial charge on any atom is 0.240 e. The van der Waals surface area contributed by atoms with Gasteiger partial charge in [-0.05, 0) is 29.6 Å². The molecule has 0 radical (unpaired) electrons. The Morgan fingerprint density at radius 2 is 2.14 bits per heavy atom. The van der Waals surface area contributed by atoms with E-state index in [1.807, 2.05) is 17.5 Å². The Morgan fingerprint density at radius 1 is 1.29 bits per heavy atom. The van der Waals surface area contributed by atoms with Crippen molar-refractivity contribution in [3.8, 4) is 6.07 Å². The first-order valence-corrected chi connectivity index (χ1v) is 9.73. The minimum absolute atomic E-state index is 0.129. The Labute approximate surface area is 132 Å². The molecular formula is C14H14N2O2S3. The number of thiophene rings is 1. The van der Waals surface area contributed by atoms with Crippen LogP contribution in [0.15, 0.2) is 46.7 Å². The highest BCUT2D eigenvalue weighted by molar-refractivity contribution is 7.98. The molecule has 1 aromatic heterocycles. The summed E-state index contributed by atoms with van der Waals surface area (Å²) in [5.74, 6) is 1.60. The first-order valence-electron chi connectivity index (χ1n) is 6.22. The number of nitriles is 1. The van der Waals surface area contributed by atoms with Gasteiger partial charge in [-0.25, -0.2) is 13.1 Å². The maximum atomic E-state index is 12.1. The lowest BCUT2D eigenvalue weighted by atomic mass is 10.2. The van der Waals surface area contributed by atoms with Crippen LogP contribution in [0.4, 0.5) is 0 Å². The third kappa shape index (κ3) is 4.86. The number of nitrogens with zero attached hydrogens (tertiary/aromatic N) is 1. The average molecular weight is 338 g/mol. The lowest BCUT2D eigenvalue weighted by molar-refractivity contribution is 0.584. The molecule has 0 unspecified atom stereocenters. The summed E-state index contributed by atoms with van der Waals surface area (Å²) in [6.45, 7) is 0.370. The van der Waals surface area contributed by atoms with Crippen molar-refractivity contribution < 1.29 is 8.42 Å². The molecule has 0 atom stereocenters. The van der Waals surface area contributed by atoms with Crippen LogP contribution in [0.25, 0.3) is 0 Å². The second-order valence-electron chi connectivity index (χ2n) is 4.17. The van der Waals surface area contributed by atoms with Gasteiger partial charge in [0.05, 0.1) is 16.5 Å². The Morgan fingerprint density at radius 3 is 2.86 bits per heavy atom. The molecule has 0 fully saturated rings. The van der Waals surface area contributed by atoms with Crippen LogP contribution in [0.2, 0.25) is 0 Å². The van der Waals surface area contributed by atoms with Crippen molar-refractivity contribution in [1.82, 2.24) is 4.72 Å². The Kier molecular flexibility index (Phi) is 5.82. The highest BCUT2D eigenvalue weighted by Crippen LogP contribution is 2.17. The van der Waals surface area contributed by atoms with E-state index in [1.165, 1.54) is 17.0 Å². The highest BCUT2D eigenvalue weighted by atomic mass is 32.2. The van der Waals surface area contributed by atoms with E-state index in [1.54, 1.807) is 35.2 Å². The normalized spacial score (nSPS) is 11.2. The van der Waals surface area contributed by atoms with Gasteiger partial charge in [0.25, 0.3) is 0 Å². The summed E-state index contributed by atoms with van der Waals surface area (Å²) in [5, 5.41) is 10.8. The molecule has 0 aliphatic heterocycles. The smallest absolute Gasteiger partial charge is 0.210 e. The molecule has 21 heavy (non-hydrogen) atoms. The lowest BCUT2D eigenvalue weighted by Crippen LogP contribution is -2.26. The molecule has 2 aromatic rings. The standard InChI is InChI=1S/C14H14N2O2S3/c15-10-12-3-1-5-14(9-12)21(17,18)16-6-8-19-11-13-4-2-7-20-13/h1-5,7,9,16H,6,8,11H2. The Balaban J connectivity index is 1.82. The summed E-state index contributed by atoms with van der Waals surface area (Å²) in [6, 6.07) is 12.0. The molecule has 0 bridgehead atoms. The molecule has 1 N–H and O–H groups in total. The van der Waals surface area contributed by atoms with Gasteiger partial charge in [0, 0.05) is 22.9 Å². The van der Waals surface area contributed by atoms with Gasteiger partial charge in [-0.1, -0.05) is 12.1 Å². The summed E-state index contributed by atoms with van der Waals surface area (Å²) in [6.07, 6.45) is 0. The molecule has 1 heterocycles. The van der Waals surface area contributed by atoms with Crippen molar-refractivity contribution in [3.63, 3.8) is 0 Å². The Bertz CT molecular complexity index is 719. The van der Waals surface area contributed by atoms with Crippen LogP contribution in [-0.4, -0.2) is 20.7 Å². The molecule has 0 aliphatic rings. The van der Waals surface area contributed by atoms with Crippen molar-refractivity contribution in [3.05, 3.63) is 52.2 Å². The van der Waals surface area contributed by atoms with Gasteiger partial charge in [0.2, 0.25) is 10.0 Å². The number of rotatable bonds is 7. The second kappa shape index (κ2) is 7.61. The second-order valence-corrected chi connectivity index (χ2v) is 8.07. The van der Waals surface area contributed by atoms with Gasteiger partial charge >= 0.3 is 0 Å². The molecule has 7 heteroatoms. The molecule has 0 spiro atoms. The number of nitrogens with one attached hydrogen (secondary N) is 1. The zero-order chi connectivity index (χ0) is 15.1. The van der Waals surface area contributed by atoms with E-state index >= 15 is 0 Å². The molecular weight excluding hydrogens is 324 g/mol. The molecule has 0 amide bonds. The van der Waals surface area contributed by atoms with Crippen molar-refractivity contribution >= 4 is 33.1 Å². The topological polar surface area (TPSA) is 70.0 Å². The summed E-state index contributed by atoms with van der Waals surface area (Å²) in [5.41, 5.74) is 0.338. The van der Waals surface area contributed by atoms with E-state index < -0.39 is 10.0 Å². The molecule has 0 saturated carbocycles. The van der Waals surface area contributed by atoms with Crippen LogP contribution in [0.3, 0.4) is 0 Å². The van der Waals surface area contributed by atoms with E-state index in [-0.39, 0.29) is 4.90 Å². The fraction of sp³-hybridized carbons (Fsp3) is 0.214. The Hall–Kier alpha value is -1.33. The first-order chi connectivity index (χ1) is 10.1. The number of thioether (sulfide) groups is 1. The van der Waals surface area contributed by atoms with Crippen LogP contribution in [-0.2, 0) is 15.8 Å². The fourth-order valence-corrected chi connectivity index (χ4v) is 4.54. The zero-order valence-corrected chi connectivity index (χ0v) is 13.6. The maximum absolute atomic E-state index is 12.1. The predicted molar refractivity (Wildman–Crippen MR) is 86.8 cm³/mol. The number of benzene rings is 1. The van der Waals surface area contributed by atoms with E-state index in [2.05, 4.69) is 10.8 Å². The van der Waals surface area contributed by atoms with Crippen molar-refractivity contribution in [1.29, 1.82) is 5.26 Å². The van der Waals surface area contributed by atoms with E-state index in [9.17, 15) is 8.42 Å². The summed E-state index contributed by atoms with van der Waals surface area (Å²) in [7, 11) is -3.54. The summed E-state index contributed by atoms with van der Waals surface area (Å²) < 4.78 is 26.7. The van der Waals surface area contributed by atoms with Crippen LogP contribution >= 0.6 is 23.1 Å². The van der Waals surface area contributed by atoms with E-state index in [4.69, 9.17) is 5.26 Å². The summed E-state index contributed by atoms with van der Waals surface area (Å²) in [4.78, 5) is 1.41. The fourth-order valence-electron chi connectivity index (χ4n) is 1.63. The molecule has 0 saturated heterocycles. The van der Waals surface area contributed by atoms with Crippen molar-refractivity contribution in [2.24, 2.45) is 0 Å². The van der Waals surface area contributed by atoms with Crippen molar-refractivity contribution in [2.45, 2.75) is 10.6 Å². The van der Waals surface area contributed by atoms with E-state index in [0.717, 1.165) is 5.75 Å². The summed E-state index contributed by atoms with van der Waals surface area (Å²) >= 11 is 3.38. The van der Waals surface area contributed by atoms with Gasteiger partial charge in [0.15, 0.2) is 0 Å². The highest BCUT2D eigenvalue weighted by Gasteiger charge is 2.13. The predicted octanol–water partition coefficient (Wildman–Crippen LogP) is 2.83. The molecule has 1 aromatic carbocycles. The number of hydrogen-bond acceptors (Lipinski definition) is 5. The molecule has 2 rings (SSSR count). The third-order valence-electron chi connectivity index (χ3n) is 2.64. The first kappa shape index (κ1) is 16.0. The van der Waals surface area contributed by atoms with Gasteiger partial charge in [-0.3, -0.25) is 0 Å². The molecule has 4 nitrogen and oxygen atoms in total. The zero-order valence-electron chi connectivity index (χ0n) is 11.2. The van der Waals surface area contributed by atoms with Crippen LogP contribution in [0.5, 0.6) is 0 Å². The number of hydrogen-bond donors (Lipinski definition) is 1. The van der Waals surface area contributed by atoms with Crippen LogP contribution in [0.1, 0.15) is 10.4 Å². The van der Waals surface area contributed by atoms with Crippen LogP contribution in [0, 0.1) is 11.3 Å². The monoisotopic (exact) mass is 338 g/mol. The van der Waals surface area contributed by atoms with Gasteiger partial charge in [-0.2, -0.15) is 17.0 Å². The minimum Gasteiger partial charge on any atom is -0.210 e. The third-order valence-corrected chi connectivity index (χ3v) is 6.16. The quantitative estimate of drug-likeness (QED) is 0.788. The SMILES string of the molecule is N#Cc1cccc(S(=O)(=O)NCCSCc2cccs2)c1. The van der Waals surface area contributed by atoms with E-state index in [0.29, 0.717) is 17.9 Å². The van der Waals surface area contributed by atoms with Gasteiger partial charge in [-0.15, -0.1) is 11.3 Å².